The van der Waals surface area contributed by atoms with E-state index in [9.17, 15) is 9.18 Å². The van der Waals surface area contributed by atoms with Gasteiger partial charge in [0.15, 0.2) is 0 Å². The number of amides is 1. The fourth-order valence-electron chi connectivity index (χ4n) is 3.76. The van der Waals surface area contributed by atoms with E-state index in [-0.39, 0.29) is 17.1 Å². The van der Waals surface area contributed by atoms with Crippen LogP contribution in [0.4, 0.5) is 15.8 Å². The molecule has 3 rings (SSSR count). The third kappa shape index (κ3) is 5.53. The van der Waals surface area contributed by atoms with Gasteiger partial charge in [-0.05, 0) is 65.5 Å². The smallest absolute Gasteiger partial charge is 0.224 e. The monoisotopic (exact) mass is 414 g/mol. The van der Waals surface area contributed by atoms with Crippen molar-refractivity contribution in [1.29, 1.82) is 0 Å². The molecule has 0 bridgehead atoms. The van der Waals surface area contributed by atoms with Crippen molar-refractivity contribution in [1.82, 2.24) is 0 Å². The fourth-order valence-corrected chi connectivity index (χ4v) is 4.63. The zero-order valence-corrected chi connectivity index (χ0v) is 18.9. The lowest BCUT2D eigenvalue weighted by Gasteiger charge is -2.32. The Bertz CT molecular complexity index is 904. The molecule has 5 heteroatoms. The molecule has 3 nitrogen and oxygen atoms in total. The first-order chi connectivity index (χ1) is 13.7. The van der Waals surface area contributed by atoms with Crippen LogP contribution in [-0.4, -0.2) is 18.2 Å². The minimum Gasteiger partial charge on any atom is -0.367 e. The van der Waals surface area contributed by atoms with Gasteiger partial charge in [-0.15, -0.1) is 11.8 Å². The predicted octanol–water partition coefficient (Wildman–Crippen LogP) is 6.18. The van der Waals surface area contributed by atoms with E-state index in [2.05, 4.69) is 57.0 Å². The van der Waals surface area contributed by atoms with Gasteiger partial charge in [-0.3, -0.25) is 4.79 Å². The average Bonchev–Trinajstić information content (AvgIpc) is 2.62. The van der Waals surface area contributed by atoms with Gasteiger partial charge in [0.1, 0.15) is 5.82 Å². The van der Waals surface area contributed by atoms with Crippen LogP contribution in [0.2, 0.25) is 0 Å². The molecule has 1 heterocycles. The van der Waals surface area contributed by atoms with Crippen LogP contribution in [0, 0.1) is 18.2 Å². The summed E-state index contributed by atoms with van der Waals surface area (Å²) in [5.74, 6) is 0.831. The standard InChI is InChI=1S/C24H31FN2OS/c1-6-29-21-13-20(11-16(2)23(21)26-22(28)14-24(3,4)5)27-10-9-17-12-19(25)8-7-18(17)15-27/h7-8,11-13H,6,9-10,14-15H2,1-5H3,(H,26,28). The van der Waals surface area contributed by atoms with Gasteiger partial charge in [0, 0.05) is 30.1 Å². The molecule has 0 aromatic heterocycles. The Kier molecular flexibility index (Phi) is 6.57. The van der Waals surface area contributed by atoms with Crippen LogP contribution >= 0.6 is 11.8 Å². The fraction of sp³-hybridized carbons (Fsp3) is 0.458. The first-order valence-electron chi connectivity index (χ1n) is 10.3. The minimum absolute atomic E-state index is 0.0450. The highest BCUT2D eigenvalue weighted by molar-refractivity contribution is 7.99. The zero-order valence-electron chi connectivity index (χ0n) is 18.1. The number of nitrogens with zero attached hydrogens (tertiary/aromatic N) is 1. The maximum Gasteiger partial charge on any atom is 0.224 e. The Balaban J connectivity index is 1.86. The van der Waals surface area contributed by atoms with Gasteiger partial charge in [-0.25, -0.2) is 4.39 Å². The Labute approximate surface area is 178 Å². The van der Waals surface area contributed by atoms with Gasteiger partial charge in [-0.2, -0.15) is 0 Å². The van der Waals surface area contributed by atoms with Crippen LogP contribution in [0.1, 0.15) is 50.8 Å². The van der Waals surface area contributed by atoms with Crippen molar-refractivity contribution in [3.05, 3.63) is 52.8 Å². The largest absolute Gasteiger partial charge is 0.367 e. The first kappa shape index (κ1) is 21.7. The van der Waals surface area contributed by atoms with Crippen molar-refractivity contribution in [3.63, 3.8) is 0 Å². The molecular formula is C24H31FN2OS. The summed E-state index contributed by atoms with van der Waals surface area (Å²) >= 11 is 1.75. The summed E-state index contributed by atoms with van der Waals surface area (Å²) < 4.78 is 13.5. The summed E-state index contributed by atoms with van der Waals surface area (Å²) in [6, 6.07) is 9.43. The highest BCUT2D eigenvalue weighted by Gasteiger charge is 2.21. The van der Waals surface area contributed by atoms with Crippen molar-refractivity contribution in [2.45, 2.75) is 58.9 Å². The summed E-state index contributed by atoms with van der Waals surface area (Å²) in [6.45, 7) is 12.0. The molecule has 2 aromatic rings. The number of thioether (sulfide) groups is 1. The van der Waals surface area contributed by atoms with Crippen molar-refractivity contribution >= 4 is 29.0 Å². The zero-order chi connectivity index (χ0) is 21.2. The quantitative estimate of drug-likeness (QED) is 0.593. The number of hydrogen-bond donors (Lipinski definition) is 1. The highest BCUT2D eigenvalue weighted by Crippen LogP contribution is 2.37. The molecule has 156 valence electrons. The lowest BCUT2D eigenvalue weighted by Crippen LogP contribution is -2.30. The minimum atomic E-state index is -0.162. The number of aryl methyl sites for hydroxylation is 1. The molecular weight excluding hydrogens is 383 g/mol. The molecule has 0 atom stereocenters. The number of fused-ring (bicyclic) bond motifs is 1. The summed E-state index contributed by atoms with van der Waals surface area (Å²) in [5, 5.41) is 3.15. The van der Waals surface area contributed by atoms with E-state index in [4.69, 9.17) is 0 Å². The van der Waals surface area contributed by atoms with Crippen LogP contribution in [0.25, 0.3) is 0 Å². The maximum atomic E-state index is 13.5. The highest BCUT2D eigenvalue weighted by atomic mass is 32.2. The number of halogens is 1. The van der Waals surface area contributed by atoms with E-state index in [1.165, 1.54) is 5.56 Å². The van der Waals surface area contributed by atoms with Crippen molar-refractivity contribution in [2.24, 2.45) is 5.41 Å². The first-order valence-corrected chi connectivity index (χ1v) is 11.2. The molecule has 0 aliphatic carbocycles. The van der Waals surface area contributed by atoms with E-state index in [1.54, 1.807) is 23.9 Å². The lowest BCUT2D eigenvalue weighted by atomic mass is 9.92. The number of carbonyl (C=O) groups is 1. The van der Waals surface area contributed by atoms with Crippen molar-refractivity contribution in [2.75, 3.05) is 22.5 Å². The van der Waals surface area contributed by atoms with Crippen LogP contribution in [0.5, 0.6) is 0 Å². The third-order valence-electron chi connectivity index (χ3n) is 5.08. The number of rotatable bonds is 5. The molecule has 0 saturated heterocycles. The van der Waals surface area contributed by atoms with Gasteiger partial charge >= 0.3 is 0 Å². The van der Waals surface area contributed by atoms with Gasteiger partial charge in [0.2, 0.25) is 5.91 Å². The van der Waals surface area contributed by atoms with E-state index in [1.807, 2.05) is 6.07 Å². The predicted molar refractivity (Wildman–Crippen MR) is 121 cm³/mol. The number of carbonyl (C=O) groups excluding carboxylic acids is 1. The van der Waals surface area contributed by atoms with E-state index < -0.39 is 0 Å². The molecule has 0 unspecified atom stereocenters. The topological polar surface area (TPSA) is 32.3 Å². The number of nitrogens with one attached hydrogen (secondary N) is 1. The van der Waals surface area contributed by atoms with Crippen LogP contribution < -0.4 is 10.2 Å². The number of hydrogen-bond acceptors (Lipinski definition) is 3. The molecule has 0 radical (unpaired) electrons. The second kappa shape index (κ2) is 8.78. The molecule has 29 heavy (non-hydrogen) atoms. The third-order valence-corrected chi connectivity index (χ3v) is 6.01. The van der Waals surface area contributed by atoms with Gasteiger partial charge in [0.05, 0.1) is 5.69 Å². The normalized spacial score (nSPS) is 13.9. The molecule has 2 aromatic carbocycles. The van der Waals surface area contributed by atoms with E-state index >= 15 is 0 Å². The number of benzene rings is 2. The second-order valence-electron chi connectivity index (χ2n) is 8.94. The molecule has 0 fully saturated rings. The average molecular weight is 415 g/mol. The van der Waals surface area contributed by atoms with E-state index in [0.29, 0.717) is 6.42 Å². The van der Waals surface area contributed by atoms with Gasteiger partial charge < -0.3 is 10.2 Å². The van der Waals surface area contributed by atoms with Crippen molar-refractivity contribution < 1.29 is 9.18 Å². The summed E-state index contributed by atoms with van der Waals surface area (Å²) in [7, 11) is 0. The molecule has 1 amide bonds. The van der Waals surface area contributed by atoms with Gasteiger partial charge in [0.25, 0.3) is 0 Å². The Morgan fingerprint density at radius 2 is 1.97 bits per heavy atom. The Morgan fingerprint density at radius 1 is 1.21 bits per heavy atom. The summed E-state index contributed by atoms with van der Waals surface area (Å²) in [4.78, 5) is 16.0. The van der Waals surface area contributed by atoms with Gasteiger partial charge in [-0.1, -0.05) is 33.8 Å². The molecule has 1 aliphatic heterocycles. The molecule has 1 N–H and O–H groups in total. The van der Waals surface area contributed by atoms with Crippen molar-refractivity contribution in [3.8, 4) is 0 Å². The molecule has 0 spiro atoms. The van der Waals surface area contributed by atoms with Crippen LogP contribution in [-0.2, 0) is 17.8 Å². The van der Waals surface area contributed by atoms with Crippen LogP contribution in [0.3, 0.4) is 0 Å². The molecule has 1 aliphatic rings. The second-order valence-corrected chi connectivity index (χ2v) is 10.2. The van der Waals surface area contributed by atoms with E-state index in [0.717, 1.165) is 52.7 Å². The Hall–Kier alpha value is -2.01. The SMILES string of the molecule is CCSc1cc(N2CCc3cc(F)ccc3C2)cc(C)c1NC(=O)CC(C)(C)C. The van der Waals surface area contributed by atoms with Crippen LogP contribution in [0.15, 0.2) is 35.2 Å². The molecule has 0 saturated carbocycles. The Morgan fingerprint density at radius 3 is 2.66 bits per heavy atom. The maximum absolute atomic E-state index is 13.5. The number of anilines is 2. The summed E-state index contributed by atoms with van der Waals surface area (Å²) in [6.07, 6.45) is 1.33. The lowest BCUT2D eigenvalue weighted by molar-refractivity contribution is -0.117. The summed E-state index contributed by atoms with van der Waals surface area (Å²) in [5.41, 5.74) is 5.40.